The first-order valence-electron chi connectivity index (χ1n) is 8.56. The lowest BCUT2D eigenvalue weighted by molar-refractivity contribution is -0.147. The summed E-state index contributed by atoms with van der Waals surface area (Å²) in [6.45, 7) is 5.92. The summed E-state index contributed by atoms with van der Waals surface area (Å²) in [6, 6.07) is 17.4. The highest BCUT2D eigenvalue weighted by molar-refractivity contribution is 5.92. The summed E-state index contributed by atoms with van der Waals surface area (Å²) in [4.78, 5) is 23.8. The van der Waals surface area contributed by atoms with Gasteiger partial charge in [0.05, 0.1) is 6.42 Å². The van der Waals surface area contributed by atoms with Crippen LogP contribution < -0.4 is 5.32 Å². The highest BCUT2D eigenvalue weighted by Crippen LogP contribution is 2.19. The number of carbonyl (C=O) groups is 2. The first-order valence-corrected chi connectivity index (χ1v) is 8.56. The smallest absolute Gasteiger partial charge is 0.306 e. The predicted octanol–water partition coefficient (Wildman–Crippen LogP) is 4.49. The Morgan fingerprint density at radius 1 is 0.920 bits per heavy atom. The van der Waals surface area contributed by atoms with E-state index in [1.807, 2.05) is 61.5 Å². The third kappa shape index (κ3) is 6.07. The number of amides is 1. The van der Waals surface area contributed by atoms with Crippen LogP contribution in [0.15, 0.2) is 54.6 Å². The molecule has 25 heavy (non-hydrogen) atoms. The highest BCUT2D eigenvalue weighted by Gasteiger charge is 2.13. The number of esters is 1. The summed E-state index contributed by atoms with van der Waals surface area (Å²) in [6.07, 6.45) is 0.250. The van der Waals surface area contributed by atoms with Crippen molar-refractivity contribution in [3.63, 3.8) is 0 Å². The molecular weight excluding hydrogens is 314 g/mol. The number of hydrogen-bond acceptors (Lipinski definition) is 3. The molecule has 132 valence electrons. The van der Waals surface area contributed by atoms with Crippen LogP contribution in [0.2, 0.25) is 0 Å². The maximum Gasteiger partial charge on any atom is 0.306 e. The lowest BCUT2D eigenvalue weighted by Crippen LogP contribution is -2.21. The second-order valence-corrected chi connectivity index (χ2v) is 6.50. The lowest BCUT2D eigenvalue weighted by Gasteiger charge is -2.12. The summed E-state index contributed by atoms with van der Waals surface area (Å²) < 4.78 is 5.08. The SMILES string of the molecule is CC(C)c1ccc(NC(=O)COC(=O)C[C@@H](C)c2ccccc2)cc1. The van der Waals surface area contributed by atoms with Gasteiger partial charge < -0.3 is 10.1 Å². The Kier molecular flexibility index (Phi) is 6.75. The van der Waals surface area contributed by atoms with E-state index < -0.39 is 0 Å². The molecule has 0 unspecified atom stereocenters. The summed E-state index contributed by atoms with van der Waals surface area (Å²) in [5.74, 6) is -0.211. The van der Waals surface area contributed by atoms with Crippen LogP contribution in [0.4, 0.5) is 5.69 Å². The Hall–Kier alpha value is -2.62. The van der Waals surface area contributed by atoms with Gasteiger partial charge in [0.15, 0.2) is 6.61 Å². The summed E-state index contributed by atoms with van der Waals surface area (Å²) in [5, 5.41) is 2.73. The third-order valence-electron chi connectivity index (χ3n) is 4.07. The molecule has 0 heterocycles. The Morgan fingerprint density at radius 3 is 2.16 bits per heavy atom. The maximum atomic E-state index is 11.9. The van der Waals surface area contributed by atoms with Crippen LogP contribution >= 0.6 is 0 Å². The molecule has 1 amide bonds. The maximum absolute atomic E-state index is 11.9. The van der Waals surface area contributed by atoms with Gasteiger partial charge in [-0.1, -0.05) is 63.2 Å². The van der Waals surface area contributed by atoms with E-state index >= 15 is 0 Å². The van der Waals surface area contributed by atoms with Gasteiger partial charge in [0, 0.05) is 5.69 Å². The zero-order chi connectivity index (χ0) is 18.2. The predicted molar refractivity (Wildman–Crippen MR) is 99.6 cm³/mol. The first-order chi connectivity index (χ1) is 12.0. The summed E-state index contributed by atoms with van der Waals surface area (Å²) in [5.41, 5.74) is 2.98. The Balaban J connectivity index is 1.76. The fourth-order valence-electron chi connectivity index (χ4n) is 2.50. The molecule has 0 spiro atoms. The Bertz CT molecular complexity index is 693. The monoisotopic (exact) mass is 339 g/mol. The minimum absolute atomic E-state index is 0.0559. The van der Waals surface area contributed by atoms with Crippen molar-refractivity contribution in [2.75, 3.05) is 11.9 Å². The molecule has 1 atom stereocenters. The summed E-state index contributed by atoms with van der Waals surface area (Å²) in [7, 11) is 0. The average Bonchev–Trinajstić information content (AvgIpc) is 2.61. The van der Waals surface area contributed by atoms with Crippen molar-refractivity contribution >= 4 is 17.6 Å². The van der Waals surface area contributed by atoms with Crippen LogP contribution in [0.25, 0.3) is 0 Å². The molecule has 2 rings (SSSR count). The van der Waals surface area contributed by atoms with Gasteiger partial charge in [0.25, 0.3) is 5.91 Å². The molecule has 0 radical (unpaired) electrons. The molecule has 0 aliphatic rings. The molecule has 0 aromatic heterocycles. The van der Waals surface area contributed by atoms with Gasteiger partial charge in [-0.25, -0.2) is 0 Å². The molecule has 4 nitrogen and oxygen atoms in total. The van der Waals surface area contributed by atoms with E-state index in [2.05, 4.69) is 19.2 Å². The van der Waals surface area contributed by atoms with E-state index in [-0.39, 0.29) is 30.8 Å². The average molecular weight is 339 g/mol. The molecule has 2 aromatic carbocycles. The van der Waals surface area contributed by atoms with Crippen molar-refractivity contribution in [2.24, 2.45) is 0 Å². The molecule has 1 N–H and O–H groups in total. The van der Waals surface area contributed by atoms with E-state index in [0.717, 1.165) is 5.56 Å². The van der Waals surface area contributed by atoms with Gasteiger partial charge >= 0.3 is 5.97 Å². The van der Waals surface area contributed by atoms with Gasteiger partial charge in [0.1, 0.15) is 0 Å². The normalized spacial score (nSPS) is 11.8. The van der Waals surface area contributed by atoms with Crippen LogP contribution in [0, 0.1) is 0 Å². The van der Waals surface area contributed by atoms with Crippen molar-refractivity contribution in [1.29, 1.82) is 0 Å². The number of ether oxygens (including phenoxy) is 1. The van der Waals surface area contributed by atoms with Crippen molar-refractivity contribution in [1.82, 2.24) is 0 Å². The molecule has 0 bridgehead atoms. The van der Waals surface area contributed by atoms with Gasteiger partial charge in [0.2, 0.25) is 0 Å². The number of hydrogen-bond donors (Lipinski definition) is 1. The molecule has 2 aromatic rings. The van der Waals surface area contributed by atoms with Gasteiger partial charge in [-0.05, 0) is 35.1 Å². The van der Waals surface area contributed by atoms with Crippen LogP contribution in [-0.4, -0.2) is 18.5 Å². The number of benzene rings is 2. The molecule has 0 aliphatic carbocycles. The molecule has 4 heteroatoms. The number of anilines is 1. The largest absolute Gasteiger partial charge is 0.456 e. The van der Waals surface area contributed by atoms with Gasteiger partial charge in [-0.15, -0.1) is 0 Å². The van der Waals surface area contributed by atoms with Crippen LogP contribution in [-0.2, 0) is 14.3 Å². The molecule has 0 fully saturated rings. The van der Waals surface area contributed by atoms with E-state index in [4.69, 9.17) is 4.74 Å². The second-order valence-electron chi connectivity index (χ2n) is 6.50. The molecular formula is C21H25NO3. The van der Waals surface area contributed by atoms with Crippen molar-refractivity contribution < 1.29 is 14.3 Å². The fraction of sp³-hybridized carbons (Fsp3) is 0.333. The van der Waals surface area contributed by atoms with E-state index in [9.17, 15) is 9.59 Å². The number of nitrogens with one attached hydrogen (secondary N) is 1. The zero-order valence-corrected chi connectivity index (χ0v) is 15.0. The fourth-order valence-corrected chi connectivity index (χ4v) is 2.50. The van der Waals surface area contributed by atoms with Gasteiger partial charge in [-0.3, -0.25) is 9.59 Å². The minimum atomic E-state index is -0.373. The second kappa shape index (κ2) is 9.02. The van der Waals surface area contributed by atoms with Crippen molar-refractivity contribution in [2.45, 2.75) is 39.0 Å². The zero-order valence-electron chi connectivity index (χ0n) is 15.0. The molecule has 0 saturated heterocycles. The van der Waals surface area contributed by atoms with E-state index in [1.54, 1.807) is 0 Å². The van der Waals surface area contributed by atoms with Gasteiger partial charge in [-0.2, -0.15) is 0 Å². The Morgan fingerprint density at radius 2 is 1.56 bits per heavy atom. The number of rotatable bonds is 7. The van der Waals surface area contributed by atoms with E-state index in [0.29, 0.717) is 11.6 Å². The quantitative estimate of drug-likeness (QED) is 0.756. The molecule has 0 saturated carbocycles. The number of carbonyl (C=O) groups excluding carboxylic acids is 2. The lowest BCUT2D eigenvalue weighted by atomic mass is 9.98. The van der Waals surface area contributed by atoms with Crippen molar-refractivity contribution in [3.8, 4) is 0 Å². The molecule has 0 aliphatic heterocycles. The third-order valence-corrected chi connectivity index (χ3v) is 4.07. The highest BCUT2D eigenvalue weighted by atomic mass is 16.5. The Labute approximate surface area is 149 Å². The van der Waals surface area contributed by atoms with Crippen LogP contribution in [0.3, 0.4) is 0 Å². The standard InChI is InChI=1S/C21H25NO3/c1-15(2)17-9-11-19(12-10-17)22-20(23)14-25-21(24)13-16(3)18-7-5-4-6-8-18/h4-12,15-16H,13-14H2,1-3H3,(H,22,23)/t16-/m1/s1. The van der Waals surface area contributed by atoms with Crippen LogP contribution in [0.5, 0.6) is 0 Å². The van der Waals surface area contributed by atoms with E-state index in [1.165, 1.54) is 5.56 Å². The van der Waals surface area contributed by atoms with Crippen LogP contribution in [0.1, 0.15) is 50.2 Å². The summed E-state index contributed by atoms with van der Waals surface area (Å²) >= 11 is 0. The topological polar surface area (TPSA) is 55.4 Å². The first kappa shape index (κ1) is 18.7. The van der Waals surface area contributed by atoms with Crippen molar-refractivity contribution in [3.05, 3.63) is 65.7 Å². The minimum Gasteiger partial charge on any atom is -0.456 e.